The number of primary amides is 1. The molecule has 0 spiro atoms. The molecule has 3 aromatic carbocycles. The number of pyridine rings is 1. The van der Waals surface area contributed by atoms with Crippen LogP contribution in [0.2, 0.25) is 0 Å². The van der Waals surface area contributed by atoms with Gasteiger partial charge in [0.2, 0.25) is 17.6 Å². The molecule has 42 heavy (non-hydrogen) atoms. The van der Waals surface area contributed by atoms with Crippen LogP contribution in [0.15, 0.2) is 60.8 Å². The fraction of sp³-hybridized carbons (Fsp3) is 0.258. The van der Waals surface area contributed by atoms with Gasteiger partial charge in [-0.1, -0.05) is 0 Å². The summed E-state index contributed by atoms with van der Waals surface area (Å²) in [6, 6.07) is 12.3. The average molecular weight is 576 g/mol. The number of carbonyl (C=O) groups is 2. The van der Waals surface area contributed by atoms with Gasteiger partial charge in [-0.15, -0.1) is 0 Å². The summed E-state index contributed by atoms with van der Waals surface area (Å²) >= 11 is 0. The molecule has 2 aliphatic rings. The van der Waals surface area contributed by atoms with Crippen molar-refractivity contribution in [1.29, 1.82) is 0 Å². The third-order valence-electron chi connectivity index (χ3n) is 7.12. The number of aromatic nitrogens is 1. The van der Waals surface area contributed by atoms with Crippen LogP contribution >= 0.6 is 0 Å². The minimum absolute atomic E-state index is 0.119. The molecule has 0 bridgehead atoms. The summed E-state index contributed by atoms with van der Waals surface area (Å²) in [4.78, 5) is 31.3. The lowest BCUT2D eigenvalue weighted by atomic mass is 10.0. The van der Waals surface area contributed by atoms with E-state index in [4.69, 9.17) is 24.7 Å². The summed E-state index contributed by atoms with van der Waals surface area (Å²) < 4.78 is 53.0. The van der Waals surface area contributed by atoms with Crippen molar-refractivity contribution < 1.29 is 37.3 Å². The lowest BCUT2D eigenvalue weighted by Gasteiger charge is -2.27. The molecule has 1 aliphatic carbocycles. The van der Waals surface area contributed by atoms with Crippen molar-refractivity contribution in [1.82, 2.24) is 4.98 Å². The van der Waals surface area contributed by atoms with Crippen molar-refractivity contribution in [2.45, 2.75) is 32.8 Å². The number of halogens is 2. The molecule has 1 aliphatic heterocycles. The fourth-order valence-electron chi connectivity index (χ4n) is 4.91. The molecule has 11 heteroatoms. The number of anilines is 2. The number of hydrogen-bond donors (Lipinski definition) is 1. The van der Waals surface area contributed by atoms with Gasteiger partial charge in [0.05, 0.1) is 22.7 Å². The largest absolute Gasteiger partial charge is 0.487 e. The second-order valence-corrected chi connectivity index (χ2v) is 10.4. The van der Waals surface area contributed by atoms with E-state index in [0.717, 1.165) is 6.07 Å². The number of carbonyl (C=O) groups excluding carboxylic acids is 2. The van der Waals surface area contributed by atoms with Crippen molar-refractivity contribution in [3.05, 3.63) is 72.4 Å². The van der Waals surface area contributed by atoms with E-state index in [-0.39, 0.29) is 41.8 Å². The van der Waals surface area contributed by atoms with Crippen molar-refractivity contribution in [3.8, 4) is 28.7 Å². The van der Waals surface area contributed by atoms with Crippen LogP contribution in [0, 0.1) is 17.0 Å². The molecular formula is C31H27F2N3O6. The van der Waals surface area contributed by atoms with Crippen molar-refractivity contribution >= 4 is 34.1 Å². The number of rotatable bonds is 8. The molecule has 1 fully saturated rings. The molecule has 2 amide bonds. The highest BCUT2D eigenvalue weighted by Gasteiger charge is 2.57. The normalized spacial score (nSPS) is 14.9. The van der Waals surface area contributed by atoms with E-state index in [2.05, 4.69) is 4.98 Å². The van der Waals surface area contributed by atoms with Gasteiger partial charge in [-0.3, -0.25) is 19.5 Å². The SMILES string of the molecule is CC(C)Oc1cc2nccc(Oc3ccc(N(C(=O)C4(C(N)=O)CC4)c4ccc(F)cc4)cc3F)c2c2c1OCCO2. The predicted octanol–water partition coefficient (Wildman–Crippen LogP) is 5.79. The maximum absolute atomic E-state index is 15.7. The summed E-state index contributed by atoms with van der Waals surface area (Å²) in [5, 5.41) is 0.479. The highest BCUT2D eigenvalue weighted by Crippen LogP contribution is 2.50. The Hall–Kier alpha value is -4.93. The first-order chi connectivity index (χ1) is 20.2. The molecular weight excluding hydrogens is 548 g/mol. The van der Waals surface area contributed by atoms with E-state index >= 15 is 4.39 Å². The molecule has 0 saturated heterocycles. The summed E-state index contributed by atoms with van der Waals surface area (Å²) in [7, 11) is 0. The Morgan fingerprint density at radius 1 is 0.929 bits per heavy atom. The molecule has 1 aromatic heterocycles. The van der Waals surface area contributed by atoms with Crippen LogP contribution in [0.5, 0.6) is 28.7 Å². The molecule has 6 rings (SSSR count). The van der Waals surface area contributed by atoms with Crippen LogP contribution in [-0.2, 0) is 9.59 Å². The topological polar surface area (TPSA) is 113 Å². The van der Waals surface area contributed by atoms with Crippen LogP contribution < -0.4 is 29.6 Å². The predicted molar refractivity (Wildman–Crippen MR) is 149 cm³/mol. The zero-order chi connectivity index (χ0) is 29.6. The van der Waals surface area contributed by atoms with Gasteiger partial charge in [0, 0.05) is 24.0 Å². The molecule has 9 nitrogen and oxygen atoms in total. The standard InChI is InChI=1S/C31H27F2N3O6/c1-17(2)41-25-16-22-26(28-27(25)39-13-14-40-28)24(9-12-35-22)42-23-8-7-20(15-21(23)33)36(19-5-3-18(32)4-6-19)30(38)31(10-11-31)29(34)37/h3-9,12,15-17H,10-11,13-14H2,1-2H3,(H2,34,37). The van der Waals surface area contributed by atoms with Crippen LogP contribution in [0.4, 0.5) is 20.2 Å². The van der Waals surface area contributed by atoms with E-state index in [1.54, 1.807) is 12.1 Å². The molecule has 216 valence electrons. The highest BCUT2D eigenvalue weighted by atomic mass is 19.1. The van der Waals surface area contributed by atoms with Gasteiger partial charge in [0.15, 0.2) is 23.1 Å². The molecule has 0 unspecified atom stereocenters. The Morgan fingerprint density at radius 2 is 1.62 bits per heavy atom. The van der Waals surface area contributed by atoms with Gasteiger partial charge in [-0.2, -0.15) is 0 Å². The summed E-state index contributed by atoms with van der Waals surface area (Å²) in [6.45, 7) is 4.41. The van der Waals surface area contributed by atoms with Gasteiger partial charge >= 0.3 is 0 Å². The zero-order valence-corrected chi connectivity index (χ0v) is 22.9. The Labute approximate surface area is 239 Å². The fourth-order valence-corrected chi connectivity index (χ4v) is 4.91. The van der Waals surface area contributed by atoms with Crippen LogP contribution in [-0.4, -0.2) is 36.1 Å². The molecule has 0 atom stereocenters. The number of fused-ring (bicyclic) bond motifs is 3. The van der Waals surface area contributed by atoms with Crippen LogP contribution in [0.25, 0.3) is 10.9 Å². The van der Waals surface area contributed by atoms with Gasteiger partial charge in [-0.25, -0.2) is 8.78 Å². The van der Waals surface area contributed by atoms with E-state index in [1.807, 2.05) is 13.8 Å². The van der Waals surface area contributed by atoms with E-state index in [0.29, 0.717) is 41.4 Å². The molecule has 4 aromatic rings. The van der Waals surface area contributed by atoms with Crippen LogP contribution in [0.3, 0.4) is 0 Å². The first kappa shape index (κ1) is 27.3. The maximum Gasteiger partial charge on any atom is 0.247 e. The third-order valence-corrected chi connectivity index (χ3v) is 7.12. The molecule has 2 N–H and O–H groups in total. The van der Waals surface area contributed by atoms with E-state index in [1.165, 1.54) is 47.5 Å². The smallest absolute Gasteiger partial charge is 0.247 e. The van der Waals surface area contributed by atoms with Gasteiger partial charge in [0.25, 0.3) is 0 Å². The highest BCUT2D eigenvalue weighted by molar-refractivity contribution is 6.16. The number of hydrogen-bond acceptors (Lipinski definition) is 7. The first-order valence-corrected chi connectivity index (χ1v) is 13.4. The van der Waals surface area contributed by atoms with Gasteiger partial charge in [-0.05, 0) is 69.2 Å². The van der Waals surface area contributed by atoms with Crippen molar-refractivity contribution in [2.75, 3.05) is 18.1 Å². The maximum atomic E-state index is 15.7. The minimum Gasteiger partial charge on any atom is -0.487 e. The second-order valence-electron chi connectivity index (χ2n) is 10.4. The monoisotopic (exact) mass is 575 g/mol. The van der Waals surface area contributed by atoms with E-state index < -0.39 is 28.9 Å². The molecule has 0 radical (unpaired) electrons. The lowest BCUT2D eigenvalue weighted by Crippen LogP contribution is -2.41. The van der Waals surface area contributed by atoms with Gasteiger partial charge < -0.3 is 24.7 Å². The van der Waals surface area contributed by atoms with E-state index in [9.17, 15) is 14.0 Å². The number of nitrogens with two attached hydrogens (primary N) is 1. The zero-order valence-electron chi connectivity index (χ0n) is 22.9. The third kappa shape index (κ3) is 4.80. The Bertz CT molecular complexity index is 1710. The van der Waals surface area contributed by atoms with Crippen molar-refractivity contribution in [2.24, 2.45) is 11.1 Å². The van der Waals surface area contributed by atoms with Crippen molar-refractivity contribution in [3.63, 3.8) is 0 Å². The Balaban J connectivity index is 1.38. The lowest BCUT2D eigenvalue weighted by molar-refractivity contribution is -0.133. The summed E-state index contributed by atoms with van der Waals surface area (Å²) in [6.07, 6.45) is 1.95. The summed E-state index contributed by atoms with van der Waals surface area (Å²) in [5.74, 6) is -1.28. The molecule has 1 saturated carbocycles. The quantitative estimate of drug-likeness (QED) is 0.265. The van der Waals surface area contributed by atoms with Gasteiger partial charge in [0.1, 0.15) is 30.2 Å². The average Bonchev–Trinajstić information content (AvgIpc) is 3.78. The number of ether oxygens (including phenoxy) is 4. The Kier molecular flexibility index (Phi) is 6.80. The summed E-state index contributed by atoms with van der Waals surface area (Å²) in [5.41, 5.74) is 5.02. The minimum atomic E-state index is -1.39. The number of amides is 2. The number of benzene rings is 3. The number of nitrogens with zero attached hydrogens (tertiary/aromatic N) is 2. The van der Waals surface area contributed by atoms with Crippen LogP contribution in [0.1, 0.15) is 26.7 Å². The Morgan fingerprint density at radius 3 is 2.26 bits per heavy atom. The molecule has 2 heterocycles. The first-order valence-electron chi connectivity index (χ1n) is 13.4. The second kappa shape index (κ2) is 10.5.